The van der Waals surface area contributed by atoms with E-state index in [2.05, 4.69) is 0 Å². The Balaban J connectivity index is 0. The van der Waals surface area contributed by atoms with Crippen molar-refractivity contribution in [1.29, 1.82) is 0 Å². The molecule has 3 nitrogen and oxygen atoms in total. The summed E-state index contributed by atoms with van der Waals surface area (Å²) in [5.74, 6) is 0. The molecule has 32 valence electrons. The fourth-order valence-electron chi connectivity index (χ4n) is 0. The first kappa shape index (κ1) is 62.7. The molecular formula is H3KNiO3. The second-order valence-electron chi connectivity index (χ2n) is 0. The average Bonchev–Trinajstić information content (AvgIpc) is 0. The summed E-state index contributed by atoms with van der Waals surface area (Å²) in [6.45, 7) is 0. The molecule has 0 aliphatic carbocycles. The third-order valence-electron chi connectivity index (χ3n) is 0. The van der Waals surface area contributed by atoms with Crippen molar-refractivity contribution in [2.45, 2.75) is 0 Å². The van der Waals surface area contributed by atoms with Gasteiger partial charge in [0, 0.05) is 0 Å². The van der Waals surface area contributed by atoms with Gasteiger partial charge in [-0.15, -0.1) is 0 Å². The fourth-order valence-corrected chi connectivity index (χ4v) is 0. The molecule has 0 spiro atoms. The Bertz CT molecular complexity index is 6.85. The third kappa shape index (κ3) is 23.9. The maximum Gasteiger partial charge on any atom is 2.00 e. The van der Waals surface area contributed by atoms with E-state index in [-0.39, 0.29) is 84.3 Å². The van der Waals surface area contributed by atoms with Crippen LogP contribution in [-0.2, 0) is 16.5 Å². The van der Waals surface area contributed by atoms with Crippen LogP contribution in [0, 0.1) is 0 Å². The molecule has 0 radical (unpaired) electrons. The van der Waals surface area contributed by atoms with E-state index >= 15 is 0 Å². The Hall–Kier alpha value is 2.01. The maximum atomic E-state index is 0. The summed E-state index contributed by atoms with van der Waals surface area (Å²) in [6.07, 6.45) is 0. The molecule has 0 saturated carbocycles. The molecule has 0 unspecified atom stereocenters. The van der Waals surface area contributed by atoms with Crippen LogP contribution in [0.3, 0.4) is 0 Å². The molecule has 0 saturated heterocycles. The molecule has 0 aromatic heterocycles. The van der Waals surface area contributed by atoms with Crippen LogP contribution >= 0.6 is 0 Å². The van der Waals surface area contributed by atoms with Gasteiger partial charge in [-0.25, -0.2) is 0 Å². The Kier molecular flexibility index (Phi) is 468. The predicted molar refractivity (Wildman–Crippen MR) is 5.81 cm³/mol. The minimum atomic E-state index is 0. The van der Waals surface area contributed by atoms with Crippen LogP contribution in [0.5, 0.6) is 0 Å². The summed E-state index contributed by atoms with van der Waals surface area (Å²) < 4.78 is 0. The molecule has 0 fully saturated rings. The predicted octanol–water partition coefficient (Wildman–Crippen LogP) is -3.53. The molecular weight excluding hydrogens is 146 g/mol. The minimum absolute atomic E-state index is 0. The van der Waals surface area contributed by atoms with Crippen LogP contribution in [0.25, 0.3) is 0 Å². The number of hydrogen-bond acceptors (Lipinski definition) is 3. The molecule has 3 N–H and O–H groups in total. The summed E-state index contributed by atoms with van der Waals surface area (Å²) in [7, 11) is 0. The Morgan fingerprint density at radius 2 is 0.600 bits per heavy atom. The van der Waals surface area contributed by atoms with E-state index in [1.165, 1.54) is 0 Å². The van der Waals surface area contributed by atoms with Crippen molar-refractivity contribution in [3.63, 3.8) is 0 Å². The zero-order valence-electron chi connectivity index (χ0n) is 2.66. The van der Waals surface area contributed by atoms with Gasteiger partial charge in [0.05, 0.1) is 0 Å². The Morgan fingerprint density at radius 1 is 0.600 bits per heavy atom. The fraction of sp³-hybridized carbons (Fsp3) is 0. The number of hydrogen-bond donors (Lipinski definition) is 0. The Morgan fingerprint density at radius 3 is 0.600 bits per heavy atom. The zero-order chi connectivity index (χ0) is 0. The Labute approximate surface area is 82.8 Å². The normalized spacial score (nSPS) is 0. The van der Waals surface area contributed by atoms with Gasteiger partial charge in [0.25, 0.3) is 0 Å². The second kappa shape index (κ2) is 37.3. The van der Waals surface area contributed by atoms with Gasteiger partial charge >= 0.3 is 67.9 Å². The van der Waals surface area contributed by atoms with Crippen molar-refractivity contribution >= 4 is 0 Å². The second-order valence-corrected chi connectivity index (χ2v) is 0. The van der Waals surface area contributed by atoms with Crippen LogP contribution < -0.4 is 51.4 Å². The minimum Gasteiger partial charge on any atom is -0.870 e. The van der Waals surface area contributed by atoms with E-state index in [1.807, 2.05) is 0 Å². The van der Waals surface area contributed by atoms with Gasteiger partial charge in [0.2, 0.25) is 0 Å². The van der Waals surface area contributed by atoms with Crippen molar-refractivity contribution in [1.82, 2.24) is 0 Å². The summed E-state index contributed by atoms with van der Waals surface area (Å²) in [4.78, 5) is 0. The van der Waals surface area contributed by atoms with Crippen molar-refractivity contribution < 1.29 is 84.3 Å². The van der Waals surface area contributed by atoms with Crippen LogP contribution in [-0.4, -0.2) is 16.4 Å². The van der Waals surface area contributed by atoms with Crippen molar-refractivity contribution in [2.24, 2.45) is 0 Å². The van der Waals surface area contributed by atoms with E-state index in [1.54, 1.807) is 0 Å². The van der Waals surface area contributed by atoms with Crippen molar-refractivity contribution in [3.05, 3.63) is 0 Å². The van der Waals surface area contributed by atoms with Crippen LogP contribution in [0.4, 0.5) is 0 Å². The quantitative estimate of drug-likeness (QED) is 0.334. The molecule has 5 heavy (non-hydrogen) atoms. The first-order valence-corrected chi connectivity index (χ1v) is 0. The monoisotopic (exact) mass is 148 g/mol. The summed E-state index contributed by atoms with van der Waals surface area (Å²) in [5, 5.41) is 0. The van der Waals surface area contributed by atoms with Gasteiger partial charge < -0.3 is 16.4 Å². The maximum absolute atomic E-state index is 0. The molecule has 0 aromatic carbocycles. The smallest absolute Gasteiger partial charge is 0.870 e. The van der Waals surface area contributed by atoms with Gasteiger partial charge in [-0.3, -0.25) is 0 Å². The van der Waals surface area contributed by atoms with E-state index in [0.29, 0.717) is 0 Å². The summed E-state index contributed by atoms with van der Waals surface area (Å²) in [6, 6.07) is 0. The first-order valence-electron chi connectivity index (χ1n) is 0. The first-order chi connectivity index (χ1) is 0. The van der Waals surface area contributed by atoms with E-state index in [4.69, 9.17) is 0 Å². The molecule has 0 aliphatic heterocycles. The van der Waals surface area contributed by atoms with Crippen LogP contribution in [0.2, 0.25) is 0 Å². The molecule has 5 heteroatoms. The van der Waals surface area contributed by atoms with Gasteiger partial charge in [-0.1, -0.05) is 0 Å². The molecule has 0 rings (SSSR count). The number of rotatable bonds is 0. The van der Waals surface area contributed by atoms with Gasteiger partial charge in [-0.2, -0.15) is 0 Å². The van der Waals surface area contributed by atoms with E-state index in [0.717, 1.165) is 0 Å². The van der Waals surface area contributed by atoms with Crippen molar-refractivity contribution in [3.8, 4) is 0 Å². The van der Waals surface area contributed by atoms with E-state index in [9.17, 15) is 0 Å². The summed E-state index contributed by atoms with van der Waals surface area (Å²) >= 11 is 0. The molecule has 0 aliphatic rings. The van der Waals surface area contributed by atoms with Gasteiger partial charge in [-0.05, 0) is 0 Å². The van der Waals surface area contributed by atoms with Gasteiger partial charge in [0.15, 0.2) is 0 Å². The summed E-state index contributed by atoms with van der Waals surface area (Å²) in [5.41, 5.74) is 0. The van der Waals surface area contributed by atoms with Crippen LogP contribution in [0.1, 0.15) is 0 Å². The SMILES string of the molecule is [K+].[Ni+2].[OH-].[OH-].[OH-]. The van der Waals surface area contributed by atoms with E-state index < -0.39 is 0 Å². The molecule has 0 bridgehead atoms. The molecule has 0 heterocycles. The molecule has 0 atom stereocenters. The van der Waals surface area contributed by atoms with Gasteiger partial charge in [0.1, 0.15) is 0 Å². The van der Waals surface area contributed by atoms with Crippen molar-refractivity contribution in [2.75, 3.05) is 0 Å². The average molecular weight is 149 g/mol. The standard InChI is InChI=1S/K.Ni.3H2O/h;;3*1H2/q+1;+2;;;/p-3. The van der Waals surface area contributed by atoms with Crippen LogP contribution in [0.15, 0.2) is 0 Å². The largest absolute Gasteiger partial charge is 2.00 e. The topological polar surface area (TPSA) is 90.0 Å². The molecule has 0 aromatic rings. The molecule has 0 amide bonds. The zero-order valence-corrected chi connectivity index (χ0v) is 6.77. The third-order valence-corrected chi connectivity index (χ3v) is 0.